The summed E-state index contributed by atoms with van der Waals surface area (Å²) < 4.78 is 0. The number of likely N-dealkylation sites (N-methyl/N-ethyl adjacent to an activating group) is 1. The van der Waals surface area contributed by atoms with Crippen molar-refractivity contribution in [1.29, 1.82) is 0 Å². The van der Waals surface area contributed by atoms with E-state index in [1.807, 2.05) is 19.3 Å². The van der Waals surface area contributed by atoms with Gasteiger partial charge in [0.15, 0.2) is 0 Å². The Morgan fingerprint density at radius 2 is 2.13 bits per heavy atom. The van der Waals surface area contributed by atoms with E-state index in [0.717, 1.165) is 42.1 Å². The molecule has 2 atom stereocenters. The summed E-state index contributed by atoms with van der Waals surface area (Å²) >= 11 is 0. The van der Waals surface area contributed by atoms with E-state index in [4.69, 9.17) is 0 Å². The van der Waals surface area contributed by atoms with Crippen LogP contribution in [0.1, 0.15) is 36.8 Å². The number of para-hydroxylation sites is 1. The minimum Gasteiger partial charge on any atom is -0.393 e. The smallest absolute Gasteiger partial charge is 0.226 e. The van der Waals surface area contributed by atoms with Crippen LogP contribution in [0.5, 0.6) is 0 Å². The van der Waals surface area contributed by atoms with Gasteiger partial charge >= 0.3 is 0 Å². The molecule has 0 radical (unpaired) electrons. The zero-order chi connectivity index (χ0) is 16.4. The monoisotopic (exact) mass is 314 g/mol. The van der Waals surface area contributed by atoms with Crippen molar-refractivity contribution in [3.05, 3.63) is 35.5 Å². The lowest BCUT2D eigenvalue weighted by molar-refractivity contribution is -0.130. The first-order valence-electron chi connectivity index (χ1n) is 8.54. The van der Waals surface area contributed by atoms with Crippen molar-refractivity contribution in [2.45, 2.75) is 45.1 Å². The van der Waals surface area contributed by atoms with Crippen LogP contribution in [0.15, 0.2) is 24.4 Å². The largest absolute Gasteiger partial charge is 0.393 e. The van der Waals surface area contributed by atoms with E-state index in [1.54, 1.807) is 4.90 Å². The molecule has 1 saturated carbocycles. The van der Waals surface area contributed by atoms with E-state index >= 15 is 0 Å². The zero-order valence-corrected chi connectivity index (χ0v) is 14.0. The van der Waals surface area contributed by atoms with Crippen molar-refractivity contribution < 1.29 is 9.90 Å². The third kappa shape index (κ3) is 3.42. The number of aliphatic hydroxyl groups is 1. The predicted molar refractivity (Wildman–Crippen MR) is 92.3 cm³/mol. The van der Waals surface area contributed by atoms with Gasteiger partial charge in [-0.25, -0.2) is 0 Å². The molecule has 3 rings (SSSR count). The molecule has 1 aromatic heterocycles. The van der Waals surface area contributed by atoms with Gasteiger partial charge < -0.3 is 15.0 Å². The molecule has 0 aliphatic heterocycles. The highest BCUT2D eigenvalue weighted by Gasteiger charge is 2.25. The average molecular weight is 314 g/mol. The topological polar surface area (TPSA) is 56.3 Å². The van der Waals surface area contributed by atoms with Crippen molar-refractivity contribution in [1.82, 2.24) is 9.88 Å². The first kappa shape index (κ1) is 16.1. The van der Waals surface area contributed by atoms with Crippen molar-refractivity contribution in [3.8, 4) is 0 Å². The maximum atomic E-state index is 12.5. The van der Waals surface area contributed by atoms with Crippen LogP contribution in [0.25, 0.3) is 10.9 Å². The van der Waals surface area contributed by atoms with Crippen LogP contribution in [0, 0.1) is 12.8 Å². The molecule has 0 saturated heterocycles. The second-order valence-electron chi connectivity index (χ2n) is 6.87. The summed E-state index contributed by atoms with van der Waals surface area (Å²) in [5.41, 5.74) is 3.35. The van der Waals surface area contributed by atoms with Gasteiger partial charge in [-0.3, -0.25) is 4.79 Å². The third-order valence-corrected chi connectivity index (χ3v) is 5.15. The molecule has 1 fully saturated rings. The molecule has 1 amide bonds. The molecule has 1 aliphatic carbocycles. The van der Waals surface area contributed by atoms with Crippen molar-refractivity contribution in [2.24, 2.45) is 5.92 Å². The lowest BCUT2D eigenvalue weighted by Gasteiger charge is -2.31. The molecule has 4 heteroatoms. The maximum Gasteiger partial charge on any atom is 0.226 e. The van der Waals surface area contributed by atoms with E-state index in [2.05, 4.69) is 24.0 Å². The Hall–Kier alpha value is -1.81. The Balaban J connectivity index is 1.66. The number of carbonyl (C=O) groups excluding carboxylic acids is 1. The first-order valence-corrected chi connectivity index (χ1v) is 8.54. The summed E-state index contributed by atoms with van der Waals surface area (Å²) in [6, 6.07) is 6.16. The maximum absolute atomic E-state index is 12.5. The molecular weight excluding hydrogens is 288 g/mol. The summed E-state index contributed by atoms with van der Waals surface area (Å²) in [6.45, 7) is 2.72. The second kappa shape index (κ2) is 6.75. The number of carbonyl (C=O) groups is 1. The highest BCUT2D eigenvalue weighted by Crippen LogP contribution is 2.26. The lowest BCUT2D eigenvalue weighted by Crippen LogP contribution is -2.38. The van der Waals surface area contributed by atoms with Crippen LogP contribution < -0.4 is 0 Å². The summed E-state index contributed by atoms with van der Waals surface area (Å²) in [6.07, 6.45) is 6.24. The van der Waals surface area contributed by atoms with Gasteiger partial charge in [0.05, 0.1) is 12.5 Å². The van der Waals surface area contributed by atoms with Crippen LogP contribution in [-0.2, 0) is 11.2 Å². The number of amides is 1. The molecule has 2 N–H and O–H groups in total. The number of aromatic nitrogens is 1. The van der Waals surface area contributed by atoms with Crippen LogP contribution in [0.3, 0.4) is 0 Å². The normalized spacial score (nSPS) is 21.5. The Bertz CT molecular complexity index is 692. The predicted octanol–water partition coefficient (Wildman–Crippen LogP) is 3.03. The number of hydrogen-bond donors (Lipinski definition) is 2. The zero-order valence-electron chi connectivity index (χ0n) is 14.0. The molecular formula is C19H26N2O2. The molecule has 23 heavy (non-hydrogen) atoms. The fraction of sp³-hybridized carbons (Fsp3) is 0.526. The van der Waals surface area contributed by atoms with Crippen LogP contribution in [-0.4, -0.2) is 40.6 Å². The van der Waals surface area contributed by atoms with Crippen LogP contribution >= 0.6 is 0 Å². The molecule has 4 nitrogen and oxygen atoms in total. The highest BCUT2D eigenvalue weighted by molar-refractivity contribution is 5.90. The molecule has 124 valence electrons. The molecule has 1 aliphatic rings. The summed E-state index contributed by atoms with van der Waals surface area (Å²) in [7, 11) is 1.85. The van der Waals surface area contributed by atoms with Gasteiger partial charge in [-0.15, -0.1) is 0 Å². The standard InChI is InChI=1S/C19H26N2O2/c1-13-6-5-8-16-15(11-20-19(13)16)10-18(23)21(2)12-14-7-3-4-9-17(14)22/h5-6,8,11,14,17,20,22H,3-4,7,9-10,12H2,1-2H3. The Kier molecular flexibility index (Phi) is 4.71. The van der Waals surface area contributed by atoms with Gasteiger partial charge in [-0.2, -0.15) is 0 Å². The van der Waals surface area contributed by atoms with Crippen LogP contribution in [0.4, 0.5) is 0 Å². The van der Waals surface area contributed by atoms with Crippen molar-refractivity contribution in [3.63, 3.8) is 0 Å². The molecule has 2 unspecified atom stereocenters. The summed E-state index contributed by atoms with van der Waals surface area (Å²) in [4.78, 5) is 17.6. The number of fused-ring (bicyclic) bond motifs is 1. The Labute approximate surface area is 137 Å². The average Bonchev–Trinajstić information content (AvgIpc) is 2.94. The van der Waals surface area contributed by atoms with E-state index in [-0.39, 0.29) is 17.9 Å². The van der Waals surface area contributed by atoms with Crippen LogP contribution in [0.2, 0.25) is 0 Å². The Morgan fingerprint density at radius 3 is 2.91 bits per heavy atom. The van der Waals surface area contributed by atoms with Crippen molar-refractivity contribution >= 4 is 16.8 Å². The summed E-state index contributed by atoms with van der Waals surface area (Å²) in [5, 5.41) is 11.2. The summed E-state index contributed by atoms with van der Waals surface area (Å²) in [5.74, 6) is 0.341. The number of rotatable bonds is 4. The fourth-order valence-electron chi connectivity index (χ4n) is 3.66. The first-order chi connectivity index (χ1) is 11.1. The van der Waals surface area contributed by atoms with Gasteiger partial charge in [-0.05, 0) is 30.9 Å². The molecule has 0 spiro atoms. The molecule has 1 aromatic carbocycles. The minimum absolute atomic E-state index is 0.116. The minimum atomic E-state index is -0.255. The molecule has 1 heterocycles. The number of hydrogen-bond acceptors (Lipinski definition) is 2. The molecule has 2 aromatic rings. The van der Waals surface area contributed by atoms with E-state index in [9.17, 15) is 9.90 Å². The number of aromatic amines is 1. The highest BCUT2D eigenvalue weighted by atomic mass is 16.3. The quantitative estimate of drug-likeness (QED) is 0.911. The van der Waals surface area contributed by atoms with Gasteiger partial charge in [0, 0.05) is 36.6 Å². The second-order valence-corrected chi connectivity index (χ2v) is 6.87. The van der Waals surface area contributed by atoms with Gasteiger partial charge in [0.2, 0.25) is 5.91 Å². The number of nitrogens with zero attached hydrogens (tertiary/aromatic N) is 1. The SMILES string of the molecule is Cc1cccc2c(CC(=O)N(C)CC3CCCCC3O)c[nH]c12. The van der Waals surface area contributed by atoms with E-state index in [1.165, 1.54) is 5.56 Å². The van der Waals surface area contributed by atoms with Gasteiger partial charge in [-0.1, -0.05) is 31.0 Å². The number of H-pyrrole nitrogens is 1. The third-order valence-electron chi connectivity index (χ3n) is 5.15. The van der Waals surface area contributed by atoms with Gasteiger partial charge in [0.1, 0.15) is 0 Å². The Morgan fingerprint density at radius 1 is 1.35 bits per heavy atom. The van der Waals surface area contributed by atoms with Gasteiger partial charge in [0.25, 0.3) is 0 Å². The number of benzene rings is 1. The number of nitrogens with one attached hydrogen (secondary N) is 1. The fourth-order valence-corrected chi connectivity index (χ4v) is 3.66. The number of aliphatic hydroxyl groups excluding tert-OH is 1. The van der Waals surface area contributed by atoms with E-state index in [0.29, 0.717) is 13.0 Å². The lowest BCUT2D eigenvalue weighted by atomic mass is 9.86. The molecule has 0 bridgehead atoms. The van der Waals surface area contributed by atoms with Crippen molar-refractivity contribution in [2.75, 3.05) is 13.6 Å². The van der Waals surface area contributed by atoms with E-state index < -0.39 is 0 Å². The number of aryl methyl sites for hydroxylation is 1.